The lowest BCUT2D eigenvalue weighted by atomic mass is 10.1. The Bertz CT molecular complexity index is 625. The fraction of sp³-hybridized carbons (Fsp3) is 0.500. The van der Waals surface area contributed by atoms with Gasteiger partial charge in [-0.25, -0.2) is 0 Å². The van der Waals surface area contributed by atoms with Crippen LogP contribution in [0.1, 0.15) is 20.3 Å². The van der Waals surface area contributed by atoms with Crippen molar-refractivity contribution in [1.82, 2.24) is 15.1 Å². The number of hydrogen-bond donors (Lipinski definition) is 1. The van der Waals surface area contributed by atoms with Crippen molar-refractivity contribution in [3.63, 3.8) is 0 Å². The second-order valence-electron chi connectivity index (χ2n) is 6.44. The van der Waals surface area contributed by atoms with Gasteiger partial charge in [-0.2, -0.15) is 5.10 Å². The normalized spacial score (nSPS) is 18.5. The van der Waals surface area contributed by atoms with Gasteiger partial charge < -0.3 is 14.4 Å². The molecule has 23 heavy (non-hydrogen) atoms. The van der Waals surface area contributed by atoms with E-state index in [1.807, 2.05) is 24.4 Å². The summed E-state index contributed by atoms with van der Waals surface area (Å²) in [6.45, 7) is 7.55. The molecule has 0 saturated carbocycles. The van der Waals surface area contributed by atoms with E-state index in [9.17, 15) is 0 Å². The minimum atomic E-state index is 0.598. The zero-order valence-electron chi connectivity index (χ0n) is 14.1. The molecule has 3 rings (SSSR count). The van der Waals surface area contributed by atoms with Gasteiger partial charge in [0.05, 0.1) is 19.9 Å². The third-order valence-electron chi connectivity index (χ3n) is 4.48. The number of rotatable bonds is 6. The number of nitrogens with zero attached hydrogens (tertiary/aromatic N) is 2. The predicted molar refractivity (Wildman–Crippen MR) is 90.9 cm³/mol. The van der Waals surface area contributed by atoms with Gasteiger partial charge in [0.25, 0.3) is 0 Å². The topological polar surface area (TPSA) is 50.4 Å². The standard InChI is InChI=1S/C18H25N3O2/c1-13(2)21-5-4-14(11-21)12-23-18-7-15(6-17(8-18)22-3)16-9-19-20-10-16/h6-10,13-14H,4-5,11-12H2,1-3H3,(H,19,20). The molecule has 1 fully saturated rings. The molecule has 1 aliphatic heterocycles. The van der Waals surface area contributed by atoms with E-state index in [0.29, 0.717) is 12.0 Å². The molecule has 1 atom stereocenters. The third-order valence-corrected chi connectivity index (χ3v) is 4.48. The number of H-pyrrole nitrogens is 1. The van der Waals surface area contributed by atoms with Crippen LogP contribution in [0, 0.1) is 5.92 Å². The Balaban J connectivity index is 1.67. The summed E-state index contributed by atoms with van der Waals surface area (Å²) >= 11 is 0. The largest absolute Gasteiger partial charge is 0.497 e. The highest BCUT2D eigenvalue weighted by Gasteiger charge is 2.24. The van der Waals surface area contributed by atoms with Gasteiger partial charge in [0.2, 0.25) is 0 Å². The average Bonchev–Trinajstić information content (AvgIpc) is 3.24. The lowest BCUT2D eigenvalue weighted by Crippen LogP contribution is -2.29. The highest BCUT2D eigenvalue weighted by atomic mass is 16.5. The maximum atomic E-state index is 6.06. The summed E-state index contributed by atoms with van der Waals surface area (Å²) in [6.07, 6.45) is 4.88. The molecule has 0 amide bonds. The van der Waals surface area contributed by atoms with E-state index in [0.717, 1.165) is 35.8 Å². The Labute approximate surface area is 137 Å². The number of aromatic amines is 1. The Morgan fingerprint density at radius 3 is 2.74 bits per heavy atom. The quantitative estimate of drug-likeness (QED) is 0.889. The van der Waals surface area contributed by atoms with Crippen LogP contribution in [0.15, 0.2) is 30.6 Å². The molecule has 1 unspecified atom stereocenters. The zero-order chi connectivity index (χ0) is 16.2. The number of methoxy groups -OCH3 is 1. The van der Waals surface area contributed by atoms with Gasteiger partial charge >= 0.3 is 0 Å². The number of ether oxygens (including phenoxy) is 2. The van der Waals surface area contributed by atoms with Gasteiger partial charge in [0, 0.05) is 36.3 Å². The van der Waals surface area contributed by atoms with E-state index in [2.05, 4.69) is 28.9 Å². The van der Waals surface area contributed by atoms with E-state index in [4.69, 9.17) is 9.47 Å². The molecule has 124 valence electrons. The van der Waals surface area contributed by atoms with Crippen LogP contribution >= 0.6 is 0 Å². The Kier molecular flexibility index (Phi) is 4.86. The van der Waals surface area contributed by atoms with Crippen molar-refractivity contribution >= 4 is 0 Å². The zero-order valence-corrected chi connectivity index (χ0v) is 14.1. The third kappa shape index (κ3) is 3.85. The number of nitrogens with one attached hydrogen (secondary N) is 1. The molecule has 0 aliphatic carbocycles. The number of likely N-dealkylation sites (tertiary alicyclic amines) is 1. The van der Waals surface area contributed by atoms with Gasteiger partial charge in [-0.1, -0.05) is 0 Å². The van der Waals surface area contributed by atoms with Gasteiger partial charge in [0.1, 0.15) is 11.5 Å². The van der Waals surface area contributed by atoms with E-state index in [-0.39, 0.29) is 0 Å². The number of benzene rings is 1. The van der Waals surface area contributed by atoms with Gasteiger partial charge in [-0.3, -0.25) is 5.10 Å². The van der Waals surface area contributed by atoms with Crippen molar-refractivity contribution in [2.24, 2.45) is 5.92 Å². The number of aromatic nitrogens is 2. The first kappa shape index (κ1) is 15.9. The Hall–Kier alpha value is -2.01. The highest BCUT2D eigenvalue weighted by Crippen LogP contribution is 2.30. The van der Waals surface area contributed by atoms with Gasteiger partial charge in [0.15, 0.2) is 0 Å². The van der Waals surface area contributed by atoms with Crippen LogP contribution in [-0.4, -0.2) is 47.9 Å². The molecule has 2 heterocycles. The molecule has 5 nitrogen and oxygen atoms in total. The van der Waals surface area contributed by atoms with Crippen LogP contribution < -0.4 is 9.47 Å². The minimum Gasteiger partial charge on any atom is -0.497 e. The summed E-state index contributed by atoms with van der Waals surface area (Å²) in [5.41, 5.74) is 2.07. The fourth-order valence-corrected chi connectivity index (χ4v) is 3.03. The van der Waals surface area contributed by atoms with Crippen LogP contribution in [0.4, 0.5) is 0 Å². The first-order valence-corrected chi connectivity index (χ1v) is 8.21. The van der Waals surface area contributed by atoms with Crippen LogP contribution in [0.25, 0.3) is 11.1 Å². The van der Waals surface area contributed by atoms with E-state index < -0.39 is 0 Å². The van der Waals surface area contributed by atoms with Crippen LogP contribution in [0.5, 0.6) is 11.5 Å². The molecule has 0 radical (unpaired) electrons. The predicted octanol–water partition coefficient (Wildman–Crippen LogP) is 3.19. The molecular formula is C18H25N3O2. The maximum Gasteiger partial charge on any atom is 0.123 e. The molecule has 1 saturated heterocycles. The summed E-state index contributed by atoms with van der Waals surface area (Å²) in [5.74, 6) is 2.25. The Morgan fingerprint density at radius 2 is 2.09 bits per heavy atom. The second kappa shape index (κ2) is 7.04. The molecule has 1 aliphatic rings. The van der Waals surface area contributed by atoms with Crippen LogP contribution in [-0.2, 0) is 0 Å². The molecular weight excluding hydrogens is 290 g/mol. The molecule has 1 aromatic carbocycles. The first-order valence-electron chi connectivity index (χ1n) is 8.21. The van der Waals surface area contributed by atoms with Crippen molar-refractivity contribution in [3.05, 3.63) is 30.6 Å². The number of hydrogen-bond acceptors (Lipinski definition) is 4. The van der Waals surface area contributed by atoms with E-state index in [1.54, 1.807) is 13.3 Å². The second-order valence-corrected chi connectivity index (χ2v) is 6.44. The van der Waals surface area contributed by atoms with Crippen molar-refractivity contribution in [2.45, 2.75) is 26.3 Å². The van der Waals surface area contributed by atoms with Crippen molar-refractivity contribution in [2.75, 3.05) is 26.8 Å². The average molecular weight is 315 g/mol. The summed E-state index contributed by atoms with van der Waals surface area (Å²) in [7, 11) is 1.68. The van der Waals surface area contributed by atoms with Crippen molar-refractivity contribution in [3.8, 4) is 22.6 Å². The smallest absolute Gasteiger partial charge is 0.123 e. The SMILES string of the molecule is COc1cc(OCC2CCN(C(C)C)C2)cc(-c2cn[nH]c2)c1. The minimum absolute atomic E-state index is 0.598. The molecule has 2 aromatic rings. The molecule has 1 aromatic heterocycles. The maximum absolute atomic E-state index is 6.06. The molecule has 0 bridgehead atoms. The lowest BCUT2D eigenvalue weighted by molar-refractivity contribution is 0.223. The van der Waals surface area contributed by atoms with Crippen molar-refractivity contribution in [1.29, 1.82) is 0 Å². The summed E-state index contributed by atoms with van der Waals surface area (Å²) in [5, 5.41) is 6.85. The Morgan fingerprint density at radius 1 is 1.26 bits per heavy atom. The van der Waals surface area contributed by atoms with Gasteiger partial charge in [-0.15, -0.1) is 0 Å². The molecule has 0 spiro atoms. The van der Waals surface area contributed by atoms with Gasteiger partial charge in [-0.05, 0) is 44.5 Å². The van der Waals surface area contributed by atoms with E-state index in [1.165, 1.54) is 13.0 Å². The first-order chi connectivity index (χ1) is 11.2. The van der Waals surface area contributed by atoms with E-state index >= 15 is 0 Å². The lowest BCUT2D eigenvalue weighted by Gasteiger charge is -2.20. The monoisotopic (exact) mass is 315 g/mol. The molecule has 1 N–H and O–H groups in total. The summed E-state index contributed by atoms with van der Waals surface area (Å²) in [4.78, 5) is 2.51. The van der Waals surface area contributed by atoms with Crippen LogP contribution in [0.2, 0.25) is 0 Å². The summed E-state index contributed by atoms with van der Waals surface area (Å²) < 4.78 is 11.5. The fourth-order valence-electron chi connectivity index (χ4n) is 3.03. The summed E-state index contributed by atoms with van der Waals surface area (Å²) in [6, 6.07) is 6.60. The van der Waals surface area contributed by atoms with Crippen molar-refractivity contribution < 1.29 is 9.47 Å². The highest BCUT2D eigenvalue weighted by molar-refractivity contribution is 5.65. The molecule has 5 heteroatoms. The van der Waals surface area contributed by atoms with Crippen LogP contribution in [0.3, 0.4) is 0 Å².